The maximum atomic E-state index is 6.10. The smallest absolute Gasteiger partial charge is 0.0686 e. The first kappa shape index (κ1) is 14.8. The van der Waals surface area contributed by atoms with Gasteiger partial charge in [0.25, 0.3) is 0 Å². The van der Waals surface area contributed by atoms with Gasteiger partial charge in [0.05, 0.1) is 10.6 Å². The van der Waals surface area contributed by atoms with E-state index < -0.39 is 0 Å². The molecular weight excluding hydrogens is 338 g/mol. The van der Waals surface area contributed by atoms with Crippen molar-refractivity contribution in [1.29, 1.82) is 0 Å². The van der Waals surface area contributed by atoms with Crippen LogP contribution in [0.15, 0.2) is 22.7 Å². The second-order valence-corrected chi connectivity index (χ2v) is 7.34. The number of hydrogen-bond acceptors (Lipinski definition) is 2. The monoisotopic (exact) mass is 357 g/mol. The van der Waals surface area contributed by atoms with Gasteiger partial charge in [-0.1, -0.05) is 17.7 Å². The van der Waals surface area contributed by atoms with Gasteiger partial charge in [-0.05, 0) is 78.7 Å². The van der Waals surface area contributed by atoms with Crippen LogP contribution < -0.4 is 5.32 Å². The third-order valence-electron chi connectivity index (χ3n) is 4.88. The Bertz CT molecular complexity index is 489. The Morgan fingerprint density at radius 2 is 2.25 bits per heavy atom. The molecule has 0 amide bonds. The summed E-state index contributed by atoms with van der Waals surface area (Å²) in [4.78, 5) is 0. The van der Waals surface area contributed by atoms with E-state index in [1.54, 1.807) is 0 Å². The molecule has 2 nitrogen and oxygen atoms in total. The summed E-state index contributed by atoms with van der Waals surface area (Å²) in [7, 11) is 2.05. The first-order valence-corrected chi connectivity index (χ1v) is 8.57. The highest BCUT2D eigenvalue weighted by Gasteiger charge is 2.44. The predicted octanol–water partition coefficient (Wildman–Crippen LogP) is 4.71. The third-order valence-corrected chi connectivity index (χ3v) is 6.10. The molecule has 1 saturated heterocycles. The summed E-state index contributed by atoms with van der Waals surface area (Å²) >= 11 is 9.63. The Hall–Kier alpha value is -0.0900. The lowest BCUT2D eigenvalue weighted by molar-refractivity contribution is -0.147. The quantitative estimate of drug-likeness (QED) is 0.844. The van der Waals surface area contributed by atoms with Crippen LogP contribution in [0.25, 0.3) is 0 Å². The van der Waals surface area contributed by atoms with Crippen LogP contribution in [0.2, 0.25) is 5.02 Å². The summed E-state index contributed by atoms with van der Waals surface area (Å²) in [6, 6.07) is 6.64. The molecule has 1 aromatic carbocycles. The highest BCUT2D eigenvalue weighted by Crippen LogP contribution is 2.47. The largest absolute Gasteiger partial charge is 0.375 e. The van der Waals surface area contributed by atoms with Gasteiger partial charge < -0.3 is 10.1 Å². The number of halogens is 2. The second kappa shape index (κ2) is 5.96. The Morgan fingerprint density at radius 1 is 1.45 bits per heavy atom. The number of rotatable bonds is 3. The average molecular weight is 359 g/mol. The molecule has 1 aliphatic carbocycles. The number of hydrogen-bond donors (Lipinski definition) is 1. The Labute approximate surface area is 134 Å². The highest BCUT2D eigenvalue weighted by atomic mass is 79.9. The first-order valence-electron chi connectivity index (χ1n) is 7.40. The van der Waals surface area contributed by atoms with Crippen molar-refractivity contribution in [2.75, 3.05) is 13.7 Å². The van der Waals surface area contributed by atoms with E-state index in [4.69, 9.17) is 16.3 Å². The van der Waals surface area contributed by atoms with E-state index >= 15 is 0 Å². The maximum Gasteiger partial charge on any atom is 0.0686 e. The zero-order chi connectivity index (χ0) is 14.2. The fourth-order valence-corrected chi connectivity index (χ4v) is 4.16. The molecule has 20 heavy (non-hydrogen) atoms. The van der Waals surface area contributed by atoms with Crippen molar-refractivity contribution in [2.45, 2.75) is 43.7 Å². The van der Waals surface area contributed by atoms with Crippen molar-refractivity contribution >= 4 is 27.5 Å². The van der Waals surface area contributed by atoms with Crippen molar-refractivity contribution in [2.24, 2.45) is 5.92 Å². The van der Waals surface area contributed by atoms with Gasteiger partial charge in [0.1, 0.15) is 0 Å². The van der Waals surface area contributed by atoms with Gasteiger partial charge in [0.2, 0.25) is 0 Å². The molecule has 0 aromatic heterocycles. The minimum atomic E-state index is 0.196. The van der Waals surface area contributed by atoms with Crippen LogP contribution in [0.4, 0.5) is 0 Å². The number of ether oxygens (including phenoxy) is 1. The fourth-order valence-electron chi connectivity index (χ4n) is 3.65. The number of nitrogens with one attached hydrogen (secondary N) is 1. The standard InChI is InChI=1S/C16H21BrClNO/c1-19-15(11-3-4-14(18)13(17)9-11)12-5-8-20-16(10-12)6-2-7-16/h3-4,9,12,15,19H,2,5-8,10H2,1H3. The second-order valence-electron chi connectivity index (χ2n) is 6.08. The lowest BCUT2D eigenvalue weighted by atomic mass is 9.69. The Morgan fingerprint density at radius 3 is 2.85 bits per heavy atom. The van der Waals surface area contributed by atoms with E-state index in [0.717, 1.165) is 22.5 Å². The van der Waals surface area contributed by atoms with Gasteiger partial charge in [0.15, 0.2) is 0 Å². The van der Waals surface area contributed by atoms with E-state index in [1.807, 2.05) is 6.07 Å². The van der Waals surface area contributed by atoms with Crippen LogP contribution >= 0.6 is 27.5 Å². The molecule has 3 rings (SSSR count). The van der Waals surface area contributed by atoms with Crippen LogP contribution in [0, 0.1) is 5.92 Å². The van der Waals surface area contributed by atoms with Gasteiger partial charge >= 0.3 is 0 Å². The molecule has 2 atom stereocenters. The Kier molecular flexibility index (Phi) is 4.42. The fraction of sp³-hybridized carbons (Fsp3) is 0.625. The average Bonchev–Trinajstić information content (AvgIpc) is 2.42. The molecule has 0 radical (unpaired) electrons. The lowest BCUT2D eigenvalue weighted by Crippen LogP contribution is -2.47. The van der Waals surface area contributed by atoms with Crippen molar-refractivity contribution in [1.82, 2.24) is 5.32 Å². The molecular formula is C16H21BrClNO. The third kappa shape index (κ3) is 2.78. The minimum Gasteiger partial charge on any atom is -0.375 e. The van der Waals surface area contributed by atoms with E-state index in [-0.39, 0.29) is 5.60 Å². The van der Waals surface area contributed by atoms with E-state index in [9.17, 15) is 0 Å². The molecule has 1 spiro atoms. The lowest BCUT2D eigenvalue weighted by Gasteiger charge is -2.48. The maximum absolute atomic E-state index is 6.10. The van der Waals surface area contributed by atoms with Gasteiger partial charge in [-0.2, -0.15) is 0 Å². The molecule has 1 aliphatic heterocycles. The molecule has 1 aromatic rings. The molecule has 2 fully saturated rings. The van der Waals surface area contributed by atoms with E-state index in [1.165, 1.54) is 31.2 Å². The number of benzene rings is 1. The van der Waals surface area contributed by atoms with Crippen LogP contribution in [-0.4, -0.2) is 19.3 Å². The summed E-state index contributed by atoms with van der Waals surface area (Å²) in [6.07, 6.45) is 6.12. The van der Waals surface area contributed by atoms with Gasteiger partial charge in [-0.25, -0.2) is 0 Å². The van der Waals surface area contributed by atoms with Gasteiger partial charge in [-0.3, -0.25) is 0 Å². The highest BCUT2D eigenvalue weighted by molar-refractivity contribution is 9.10. The van der Waals surface area contributed by atoms with E-state index in [2.05, 4.69) is 40.4 Å². The zero-order valence-corrected chi connectivity index (χ0v) is 14.1. The van der Waals surface area contributed by atoms with E-state index in [0.29, 0.717) is 12.0 Å². The molecule has 110 valence electrons. The molecule has 1 heterocycles. The van der Waals surface area contributed by atoms with Crippen LogP contribution in [-0.2, 0) is 4.74 Å². The van der Waals surface area contributed by atoms with Gasteiger partial charge in [0, 0.05) is 17.1 Å². The molecule has 0 bridgehead atoms. The molecule has 2 aliphatic rings. The normalized spacial score (nSPS) is 26.2. The topological polar surface area (TPSA) is 21.3 Å². The summed E-state index contributed by atoms with van der Waals surface area (Å²) < 4.78 is 7.02. The van der Waals surface area contributed by atoms with Crippen LogP contribution in [0.5, 0.6) is 0 Å². The molecule has 1 saturated carbocycles. The van der Waals surface area contributed by atoms with Crippen LogP contribution in [0.1, 0.15) is 43.7 Å². The van der Waals surface area contributed by atoms with Crippen molar-refractivity contribution in [3.63, 3.8) is 0 Å². The summed E-state index contributed by atoms with van der Waals surface area (Å²) in [6.45, 7) is 0.900. The Balaban J connectivity index is 1.79. The minimum absolute atomic E-state index is 0.196. The van der Waals surface area contributed by atoms with Crippen molar-refractivity contribution in [3.8, 4) is 0 Å². The first-order chi connectivity index (χ1) is 9.63. The zero-order valence-electron chi connectivity index (χ0n) is 11.8. The van der Waals surface area contributed by atoms with Crippen LogP contribution in [0.3, 0.4) is 0 Å². The predicted molar refractivity (Wildman–Crippen MR) is 86.2 cm³/mol. The van der Waals surface area contributed by atoms with Crippen molar-refractivity contribution < 1.29 is 4.74 Å². The summed E-state index contributed by atoms with van der Waals surface area (Å²) in [5.41, 5.74) is 1.51. The molecule has 4 heteroatoms. The SMILES string of the molecule is CNC(c1ccc(Cl)c(Br)c1)C1CCOC2(CCC2)C1. The molecule has 1 N–H and O–H groups in total. The molecule has 2 unspecified atom stereocenters. The summed E-state index contributed by atoms with van der Waals surface area (Å²) in [5.74, 6) is 0.641. The van der Waals surface area contributed by atoms with Gasteiger partial charge in [-0.15, -0.1) is 0 Å². The summed E-state index contributed by atoms with van der Waals surface area (Å²) in [5, 5.41) is 4.27. The van der Waals surface area contributed by atoms with Crippen molar-refractivity contribution in [3.05, 3.63) is 33.3 Å².